The maximum absolute atomic E-state index is 12.5. The Morgan fingerprint density at radius 2 is 1.87 bits per heavy atom. The molecule has 2 aromatic heterocycles. The van der Waals surface area contributed by atoms with E-state index in [4.69, 9.17) is 13.6 Å². The highest BCUT2D eigenvalue weighted by Crippen LogP contribution is 2.34. The molecule has 3 aromatic rings. The molecule has 7 heteroatoms. The van der Waals surface area contributed by atoms with Crippen molar-refractivity contribution in [1.29, 1.82) is 0 Å². The van der Waals surface area contributed by atoms with Crippen LogP contribution in [0.4, 0.5) is 0 Å². The summed E-state index contributed by atoms with van der Waals surface area (Å²) in [6.07, 6.45) is 2.49. The summed E-state index contributed by atoms with van der Waals surface area (Å²) in [4.78, 5) is 12.5. The van der Waals surface area contributed by atoms with Crippen molar-refractivity contribution in [3.8, 4) is 11.5 Å². The van der Waals surface area contributed by atoms with Gasteiger partial charge in [0.1, 0.15) is 11.5 Å². The molecular weight excluding hydrogens is 382 g/mol. The van der Waals surface area contributed by atoms with Crippen LogP contribution in [0.15, 0.2) is 45.2 Å². The Morgan fingerprint density at radius 3 is 2.57 bits per heavy atom. The van der Waals surface area contributed by atoms with Crippen molar-refractivity contribution >= 4 is 5.91 Å². The fourth-order valence-electron chi connectivity index (χ4n) is 4.00. The zero-order chi connectivity index (χ0) is 21.0. The molecule has 0 unspecified atom stereocenters. The van der Waals surface area contributed by atoms with Crippen molar-refractivity contribution in [3.05, 3.63) is 59.4 Å². The van der Waals surface area contributed by atoms with Gasteiger partial charge in [-0.1, -0.05) is 30.3 Å². The van der Waals surface area contributed by atoms with E-state index in [1.54, 1.807) is 0 Å². The van der Waals surface area contributed by atoms with Crippen molar-refractivity contribution in [2.24, 2.45) is 0 Å². The molecule has 0 aliphatic carbocycles. The van der Waals surface area contributed by atoms with Crippen LogP contribution in [0.5, 0.6) is 0 Å². The van der Waals surface area contributed by atoms with Crippen LogP contribution < -0.4 is 5.32 Å². The van der Waals surface area contributed by atoms with Crippen molar-refractivity contribution in [2.45, 2.75) is 44.9 Å². The fourth-order valence-corrected chi connectivity index (χ4v) is 4.00. The molecule has 1 fully saturated rings. The number of carbonyl (C=O) groups excluding carboxylic acids is 1. The molecule has 3 heterocycles. The summed E-state index contributed by atoms with van der Waals surface area (Å²) in [6.45, 7) is 5.75. The minimum atomic E-state index is -0.0799. The largest absolute Gasteiger partial charge is 0.466 e. The molecule has 0 bridgehead atoms. The van der Waals surface area contributed by atoms with Crippen LogP contribution in [0.1, 0.15) is 42.2 Å². The van der Waals surface area contributed by atoms with Gasteiger partial charge in [0.2, 0.25) is 11.8 Å². The zero-order valence-electron chi connectivity index (χ0n) is 17.4. The number of benzene rings is 1. The number of ether oxygens (including phenoxy) is 1. The van der Waals surface area contributed by atoms with Crippen LogP contribution in [0.3, 0.4) is 0 Å². The molecule has 7 nitrogen and oxygen atoms in total. The Hall–Kier alpha value is -2.93. The lowest BCUT2D eigenvalue weighted by atomic mass is 9.74. The van der Waals surface area contributed by atoms with E-state index in [-0.39, 0.29) is 11.3 Å². The van der Waals surface area contributed by atoms with E-state index in [1.165, 1.54) is 5.56 Å². The minimum Gasteiger partial charge on any atom is -0.466 e. The highest BCUT2D eigenvalue weighted by Gasteiger charge is 2.34. The number of rotatable bonds is 7. The molecule has 1 aliphatic heterocycles. The Balaban J connectivity index is 1.34. The second-order valence-electron chi connectivity index (χ2n) is 7.86. The van der Waals surface area contributed by atoms with Gasteiger partial charge in [-0.15, -0.1) is 10.2 Å². The van der Waals surface area contributed by atoms with Gasteiger partial charge in [0.15, 0.2) is 0 Å². The van der Waals surface area contributed by atoms with Gasteiger partial charge in [0.05, 0.1) is 5.56 Å². The molecule has 1 saturated heterocycles. The molecule has 4 rings (SSSR count). The number of nitrogens with zero attached hydrogens (tertiary/aromatic N) is 2. The average Bonchev–Trinajstić information content (AvgIpc) is 3.37. The molecule has 0 radical (unpaired) electrons. The first kappa shape index (κ1) is 20.3. The lowest BCUT2D eigenvalue weighted by Gasteiger charge is -2.38. The van der Waals surface area contributed by atoms with Crippen LogP contribution in [-0.4, -0.2) is 35.9 Å². The van der Waals surface area contributed by atoms with Crippen LogP contribution in [0, 0.1) is 13.8 Å². The number of nitrogens with one attached hydrogen (secondary N) is 1. The lowest BCUT2D eigenvalue weighted by molar-refractivity contribution is -0.121. The van der Waals surface area contributed by atoms with Gasteiger partial charge >= 0.3 is 0 Å². The van der Waals surface area contributed by atoms with E-state index in [0.29, 0.717) is 44.4 Å². The first-order valence-corrected chi connectivity index (χ1v) is 10.4. The van der Waals surface area contributed by atoms with Crippen molar-refractivity contribution in [2.75, 3.05) is 19.8 Å². The maximum atomic E-state index is 12.5. The average molecular weight is 409 g/mol. The first-order valence-electron chi connectivity index (χ1n) is 10.4. The number of carbonyl (C=O) groups is 1. The molecule has 0 saturated carbocycles. The summed E-state index contributed by atoms with van der Waals surface area (Å²) in [5.41, 5.74) is 1.96. The summed E-state index contributed by atoms with van der Waals surface area (Å²) >= 11 is 0. The Bertz CT molecular complexity index is 987. The number of amides is 1. The van der Waals surface area contributed by atoms with Crippen molar-refractivity contribution < 1.29 is 18.4 Å². The standard InChI is InChI=1S/C23H27N3O4/c1-16-14-19(17(2)29-16)22-26-25-21(30-22)9-8-20(27)24-15-23(10-12-28-13-11-23)18-6-4-3-5-7-18/h3-7,14H,8-13,15H2,1-2H3,(H,24,27). The molecule has 30 heavy (non-hydrogen) atoms. The van der Waals surface area contributed by atoms with Crippen LogP contribution in [0.2, 0.25) is 0 Å². The quantitative estimate of drug-likeness (QED) is 0.639. The fraction of sp³-hybridized carbons (Fsp3) is 0.435. The highest BCUT2D eigenvalue weighted by atomic mass is 16.5. The number of aryl methyl sites for hydroxylation is 3. The van der Waals surface area contributed by atoms with Crippen LogP contribution in [-0.2, 0) is 21.4 Å². The lowest BCUT2D eigenvalue weighted by Crippen LogP contribution is -2.44. The van der Waals surface area contributed by atoms with Gasteiger partial charge in [0.25, 0.3) is 5.89 Å². The van der Waals surface area contributed by atoms with Crippen LogP contribution in [0.25, 0.3) is 11.5 Å². The molecule has 158 valence electrons. The molecule has 1 amide bonds. The number of furan rings is 1. The van der Waals surface area contributed by atoms with E-state index in [1.807, 2.05) is 38.1 Å². The van der Waals surface area contributed by atoms with Crippen molar-refractivity contribution in [3.63, 3.8) is 0 Å². The number of hydrogen-bond acceptors (Lipinski definition) is 6. The smallest absolute Gasteiger partial charge is 0.251 e. The summed E-state index contributed by atoms with van der Waals surface area (Å²) in [5.74, 6) is 2.38. The highest BCUT2D eigenvalue weighted by molar-refractivity contribution is 5.76. The van der Waals surface area contributed by atoms with Crippen molar-refractivity contribution in [1.82, 2.24) is 15.5 Å². The van der Waals surface area contributed by atoms with Crippen LogP contribution >= 0.6 is 0 Å². The van der Waals surface area contributed by atoms with E-state index in [0.717, 1.165) is 29.9 Å². The number of hydrogen-bond donors (Lipinski definition) is 1. The number of aromatic nitrogens is 2. The van der Waals surface area contributed by atoms with Gasteiger partial charge < -0.3 is 18.9 Å². The minimum absolute atomic E-state index is 0.0214. The second-order valence-corrected chi connectivity index (χ2v) is 7.86. The first-order chi connectivity index (χ1) is 14.6. The van der Waals surface area contributed by atoms with Gasteiger partial charge in [-0.05, 0) is 38.3 Å². The molecule has 0 spiro atoms. The summed E-state index contributed by atoms with van der Waals surface area (Å²) in [7, 11) is 0. The maximum Gasteiger partial charge on any atom is 0.251 e. The van der Waals surface area contributed by atoms with E-state index < -0.39 is 0 Å². The Morgan fingerprint density at radius 1 is 1.10 bits per heavy atom. The third-order valence-electron chi connectivity index (χ3n) is 5.76. The molecule has 1 N–H and O–H groups in total. The summed E-state index contributed by atoms with van der Waals surface area (Å²) in [5, 5.41) is 11.3. The predicted octanol–water partition coefficient (Wildman–Crippen LogP) is 3.74. The Kier molecular flexibility index (Phi) is 5.99. The van der Waals surface area contributed by atoms with Gasteiger partial charge in [-0.3, -0.25) is 4.79 Å². The predicted molar refractivity (Wildman–Crippen MR) is 111 cm³/mol. The molecule has 0 atom stereocenters. The van der Waals surface area contributed by atoms with E-state index in [2.05, 4.69) is 27.6 Å². The summed E-state index contributed by atoms with van der Waals surface area (Å²) < 4.78 is 16.8. The third-order valence-corrected chi connectivity index (χ3v) is 5.76. The van der Waals surface area contributed by atoms with E-state index in [9.17, 15) is 4.79 Å². The van der Waals surface area contributed by atoms with E-state index >= 15 is 0 Å². The van der Waals surface area contributed by atoms with Gasteiger partial charge in [-0.2, -0.15) is 0 Å². The zero-order valence-corrected chi connectivity index (χ0v) is 17.4. The normalized spacial score (nSPS) is 15.8. The molecule has 1 aliphatic rings. The monoisotopic (exact) mass is 409 g/mol. The van der Waals surface area contributed by atoms with Gasteiger partial charge in [0, 0.05) is 38.0 Å². The molecular formula is C23H27N3O4. The molecule has 1 aromatic carbocycles. The third kappa shape index (κ3) is 4.46. The van der Waals surface area contributed by atoms with Gasteiger partial charge in [-0.25, -0.2) is 0 Å². The SMILES string of the molecule is Cc1cc(-c2nnc(CCC(=O)NCC3(c4ccccc4)CCOCC3)o2)c(C)o1. The second kappa shape index (κ2) is 8.83. The Labute approximate surface area is 175 Å². The topological polar surface area (TPSA) is 90.4 Å². The summed E-state index contributed by atoms with van der Waals surface area (Å²) in [6, 6.07) is 12.2.